The first-order valence-corrected chi connectivity index (χ1v) is 11.1. The van der Waals surface area contributed by atoms with Gasteiger partial charge in [0.2, 0.25) is 5.95 Å². The summed E-state index contributed by atoms with van der Waals surface area (Å²) >= 11 is 0. The zero-order chi connectivity index (χ0) is 25.1. The van der Waals surface area contributed by atoms with E-state index in [1.54, 1.807) is 49.8 Å². The Morgan fingerprint density at radius 2 is 1.97 bits per heavy atom. The fourth-order valence-corrected chi connectivity index (χ4v) is 3.95. The van der Waals surface area contributed by atoms with Gasteiger partial charge in [0.05, 0.1) is 24.4 Å². The lowest BCUT2D eigenvalue weighted by Crippen LogP contribution is -2.45. The van der Waals surface area contributed by atoms with Gasteiger partial charge in [-0.3, -0.25) is 9.79 Å². The van der Waals surface area contributed by atoms with Crippen molar-refractivity contribution in [3.8, 4) is 0 Å². The number of amides is 1. The molecule has 0 radical (unpaired) electrons. The fraction of sp³-hybridized carbons (Fsp3) is 0.120. The summed E-state index contributed by atoms with van der Waals surface area (Å²) < 4.78 is 8.26. The minimum atomic E-state index is -1.31. The number of rotatable bonds is 7. The fourth-order valence-electron chi connectivity index (χ4n) is 3.95. The van der Waals surface area contributed by atoms with E-state index >= 15 is 0 Å². The molecule has 1 unspecified atom stereocenters. The summed E-state index contributed by atoms with van der Waals surface area (Å²) in [4.78, 5) is 27.2. The van der Waals surface area contributed by atoms with Crippen molar-refractivity contribution in [2.45, 2.75) is 19.0 Å². The molecule has 180 valence electrons. The number of hydrogen-bond acceptors (Lipinski definition) is 8. The van der Waals surface area contributed by atoms with Crippen LogP contribution in [0.5, 0.6) is 0 Å². The van der Waals surface area contributed by atoms with Crippen LogP contribution in [0.4, 0.5) is 11.8 Å². The molecule has 0 aliphatic heterocycles. The second kappa shape index (κ2) is 9.29. The monoisotopic (exact) mass is 481 g/mol. The number of pyridine rings is 1. The number of fused-ring (bicyclic) bond motifs is 1. The summed E-state index contributed by atoms with van der Waals surface area (Å²) in [6.45, 7) is 5.59. The van der Waals surface area contributed by atoms with Crippen LogP contribution in [0.2, 0.25) is 0 Å². The normalized spacial score (nSPS) is 13.4. The van der Waals surface area contributed by atoms with E-state index < -0.39 is 5.54 Å². The largest absolute Gasteiger partial charge is 0.467 e. The highest BCUT2D eigenvalue weighted by Gasteiger charge is 2.40. The van der Waals surface area contributed by atoms with Gasteiger partial charge in [0.15, 0.2) is 16.7 Å². The summed E-state index contributed by atoms with van der Waals surface area (Å²) in [5.74, 6) is 0.755. The van der Waals surface area contributed by atoms with Gasteiger partial charge < -0.3 is 15.5 Å². The Hall–Kier alpha value is -5.06. The van der Waals surface area contributed by atoms with Gasteiger partial charge in [0.25, 0.3) is 5.91 Å². The Balaban J connectivity index is 1.71. The molecule has 11 heteroatoms. The molecule has 1 aromatic carbocycles. The average Bonchev–Trinajstić information content (AvgIpc) is 3.58. The molecule has 4 aromatic heterocycles. The second-order valence-corrected chi connectivity index (χ2v) is 8.04. The van der Waals surface area contributed by atoms with Crippen molar-refractivity contribution in [3.63, 3.8) is 0 Å². The van der Waals surface area contributed by atoms with Gasteiger partial charge >= 0.3 is 0 Å². The van der Waals surface area contributed by atoms with Gasteiger partial charge in [-0.25, -0.2) is 9.67 Å². The Kier molecular flexibility index (Phi) is 5.87. The number of benzene rings is 1. The van der Waals surface area contributed by atoms with Crippen LogP contribution in [0.3, 0.4) is 0 Å². The van der Waals surface area contributed by atoms with Crippen molar-refractivity contribution >= 4 is 35.4 Å². The predicted molar refractivity (Wildman–Crippen MR) is 135 cm³/mol. The molecule has 5 rings (SSSR count). The Morgan fingerprint density at radius 1 is 1.17 bits per heavy atom. The van der Waals surface area contributed by atoms with Gasteiger partial charge in [-0.2, -0.15) is 19.9 Å². The maximum atomic E-state index is 13.8. The SMILES string of the molecule is C=Nn1c(N)nc2c(cnn2C(C)(C(=O)Nc2ccccn2)c2ccccc2)/c1=N/Cc1ccco1. The van der Waals surface area contributed by atoms with Crippen molar-refractivity contribution in [2.24, 2.45) is 10.1 Å². The summed E-state index contributed by atoms with van der Waals surface area (Å²) in [7, 11) is 0. The van der Waals surface area contributed by atoms with Crippen LogP contribution >= 0.6 is 0 Å². The Morgan fingerprint density at radius 3 is 2.67 bits per heavy atom. The first-order chi connectivity index (χ1) is 17.5. The number of anilines is 2. The number of carbonyl (C=O) groups excluding carboxylic acids is 1. The topological polar surface area (TPSA) is 142 Å². The van der Waals surface area contributed by atoms with Gasteiger partial charge in [0, 0.05) is 12.9 Å². The Labute approximate surface area is 205 Å². The molecule has 0 fully saturated rings. The van der Waals surface area contributed by atoms with Crippen molar-refractivity contribution in [3.05, 3.63) is 96.1 Å². The van der Waals surface area contributed by atoms with Crippen molar-refractivity contribution in [1.82, 2.24) is 24.4 Å². The zero-order valence-corrected chi connectivity index (χ0v) is 19.4. The number of hydrogen-bond donors (Lipinski definition) is 2. The van der Waals surface area contributed by atoms with E-state index in [1.165, 1.54) is 9.36 Å². The maximum absolute atomic E-state index is 13.8. The number of nitrogens with zero attached hydrogens (tertiary/aromatic N) is 7. The zero-order valence-electron chi connectivity index (χ0n) is 19.4. The van der Waals surface area contributed by atoms with E-state index in [0.29, 0.717) is 33.7 Å². The van der Waals surface area contributed by atoms with E-state index in [-0.39, 0.29) is 18.4 Å². The molecule has 36 heavy (non-hydrogen) atoms. The number of carbonyl (C=O) groups is 1. The first-order valence-electron chi connectivity index (χ1n) is 11.1. The lowest BCUT2D eigenvalue weighted by atomic mass is 9.91. The summed E-state index contributed by atoms with van der Waals surface area (Å²) in [6.07, 6.45) is 4.76. The molecule has 0 spiro atoms. The lowest BCUT2D eigenvalue weighted by molar-refractivity contribution is -0.122. The van der Waals surface area contributed by atoms with E-state index in [4.69, 9.17) is 10.2 Å². The van der Waals surface area contributed by atoms with Gasteiger partial charge in [0.1, 0.15) is 11.6 Å². The van der Waals surface area contributed by atoms with Crippen LogP contribution in [0.15, 0.2) is 93.8 Å². The van der Waals surface area contributed by atoms with Crippen LogP contribution in [-0.2, 0) is 16.9 Å². The predicted octanol–water partition coefficient (Wildman–Crippen LogP) is 2.77. The van der Waals surface area contributed by atoms with Crippen LogP contribution < -0.4 is 16.5 Å². The van der Waals surface area contributed by atoms with Crippen molar-refractivity contribution in [1.29, 1.82) is 0 Å². The minimum absolute atomic E-state index is 0.0398. The summed E-state index contributed by atoms with van der Waals surface area (Å²) in [5.41, 5.74) is 6.36. The molecular weight excluding hydrogens is 458 g/mol. The van der Waals surface area contributed by atoms with Gasteiger partial charge in [-0.15, -0.1) is 0 Å². The van der Waals surface area contributed by atoms with Crippen LogP contribution in [0.1, 0.15) is 18.2 Å². The second-order valence-electron chi connectivity index (χ2n) is 8.04. The summed E-state index contributed by atoms with van der Waals surface area (Å²) in [6, 6.07) is 18.2. The highest BCUT2D eigenvalue weighted by atomic mass is 16.3. The highest BCUT2D eigenvalue weighted by molar-refractivity contribution is 5.99. The van der Waals surface area contributed by atoms with E-state index in [1.807, 2.05) is 36.4 Å². The molecule has 0 aliphatic rings. The number of nitrogens with two attached hydrogens (primary N) is 1. The molecule has 0 saturated heterocycles. The quantitative estimate of drug-likeness (QED) is 0.342. The molecular formula is C25H23N9O2. The van der Waals surface area contributed by atoms with Crippen molar-refractivity contribution in [2.75, 3.05) is 11.1 Å². The van der Waals surface area contributed by atoms with E-state index in [2.05, 4.69) is 37.2 Å². The van der Waals surface area contributed by atoms with E-state index in [0.717, 1.165) is 0 Å². The number of nitrogens with one attached hydrogen (secondary N) is 1. The highest BCUT2D eigenvalue weighted by Crippen LogP contribution is 2.30. The third-order valence-electron chi connectivity index (χ3n) is 5.84. The molecule has 11 nitrogen and oxygen atoms in total. The van der Waals surface area contributed by atoms with E-state index in [9.17, 15) is 4.79 Å². The lowest BCUT2D eigenvalue weighted by Gasteiger charge is -2.29. The average molecular weight is 482 g/mol. The van der Waals surface area contributed by atoms with Crippen LogP contribution in [-0.4, -0.2) is 37.0 Å². The maximum Gasteiger partial charge on any atom is 0.257 e. The van der Waals surface area contributed by atoms with Gasteiger partial charge in [-0.05, 0) is 36.8 Å². The molecule has 3 N–H and O–H groups in total. The number of aromatic nitrogens is 5. The molecule has 4 heterocycles. The molecule has 5 aromatic rings. The molecule has 1 amide bonds. The third-order valence-corrected chi connectivity index (χ3v) is 5.84. The molecule has 0 aliphatic carbocycles. The number of furan rings is 1. The molecule has 0 bridgehead atoms. The summed E-state index contributed by atoms with van der Waals surface area (Å²) in [5, 5.41) is 12.0. The third kappa shape index (κ3) is 3.92. The smallest absolute Gasteiger partial charge is 0.257 e. The minimum Gasteiger partial charge on any atom is -0.467 e. The Bertz CT molecular complexity index is 1590. The molecule has 0 saturated carbocycles. The first kappa shape index (κ1) is 22.7. The van der Waals surface area contributed by atoms with Gasteiger partial charge in [-0.1, -0.05) is 36.4 Å². The standard InChI is InChI=1S/C25H23N9O2/c1-25(17-9-4-3-5-10-17,23(35)31-20-12-6-7-13-28-20)34-22-19(16-30-34)21(33(27-2)24(26)32-22)29-15-18-11-8-14-36-18/h3-14,16H,2,15H2,1H3,(H2,26,32)(H,28,31,35)/b29-21-. The number of nitrogen functional groups attached to an aromatic ring is 1. The van der Waals surface area contributed by atoms with Crippen molar-refractivity contribution < 1.29 is 9.21 Å². The molecule has 1 atom stereocenters. The van der Waals surface area contributed by atoms with Crippen LogP contribution in [0.25, 0.3) is 11.0 Å². The van der Waals surface area contributed by atoms with Crippen LogP contribution in [0, 0.1) is 0 Å².